The number of thiazole rings is 1. The third-order valence-corrected chi connectivity index (χ3v) is 4.41. The summed E-state index contributed by atoms with van der Waals surface area (Å²) in [5.41, 5.74) is 6.05. The number of methoxy groups -OCH3 is 1. The zero-order valence-electron chi connectivity index (χ0n) is 11.5. The summed E-state index contributed by atoms with van der Waals surface area (Å²) in [5.74, 6) is 0.626. The maximum absolute atomic E-state index is 12.5. The van der Waals surface area contributed by atoms with Crippen molar-refractivity contribution in [2.24, 2.45) is 11.7 Å². The van der Waals surface area contributed by atoms with E-state index in [1.165, 1.54) is 24.2 Å². The van der Waals surface area contributed by atoms with Crippen molar-refractivity contribution in [3.05, 3.63) is 16.1 Å². The summed E-state index contributed by atoms with van der Waals surface area (Å²) >= 11 is 1.44. The summed E-state index contributed by atoms with van der Waals surface area (Å²) in [7, 11) is 1.65. The number of hydrogen-bond donors (Lipinski definition) is 1. The van der Waals surface area contributed by atoms with Crippen LogP contribution < -0.4 is 5.73 Å². The zero-order valence-corrected chi connectivity index (χ0v) is 12.3. The second kappa shape index (κ2) is 6.45. The lowest BCUT2D eigenvalue weighted by molar-refractivity contribution is 0.0589. The van der Waals surface area contributed by atoms with E-state index in [1.54, 1.807) is 12.5 Å². The standard InChI is InChI=1S/C13H21N3O2S/c1-9(10-3-4-10)16(5-6-18-2)13(17)11-8-19-12(7-14)15-11/h8-10H,3-7,14H2,1-2H3. The van der Waals surface area contributed by atoms with Crippen LogP contribution in [0.2, 0.25) is 0 Å². The zero-order chi connectivity index (χ0) is 13.8. The van der Waals surface area contributed by atoms with Gasteiger partial charge < -0.3 is 15.4 Å². The van der Waals surface area contributed by atoms with E-state index in [1.807, 2.05) is 4.90 Å². The molecule has 1 heterocycles. The lowest BCUT2D eigenvalue weighted by Gasteiger charge is -2.28. The molecule has 1 aliphatic rings. The van der Waals surface area contributed by atoms with Crippen LogP contribution in [0.4, 0.5) is 0 Å². The molecule has 1 aliphatic carbocycles. The van der Waals surface area contributed by atoms with Gasteiger partial charge in [-0.15, -0.1) is 11.3 Å². The summed E-state index contributed by atoms with van der Waals surface area (Å²) in [5, 5.41) is 2.60. The molecule has 0 aromatic carbocycles. The van der Waals surface area contributed by atoms with Crippen molar-refractivity contribution in [3.63, 3.8) is 0 Å². The SMILES string of the molecule is COCCN(C(=O)c1csc(CN)n1)C(C)C1CC1. The lowest BCUT2D eigenvalue weighted by Crippen LogP contribution is -2.42. The van der Waals surface area contributed by atoms with E-state index in [-0.39, 0.29) is 11.9 Å². The number of rotatable bonds is 7. The fourth-order valence-electron chi connectivity index (χ4n) is 2.16. The Balaban J connectivity index is 2.09. The number of nitrogens with two attached hydrogens (primary N) is 1. The highest BCUT2D eigenvalue weighted by Crippen LogP contribution is 2.35. The number of hydrogen-bond acceptors (Lipinski definition) is 5. The van der Waals surface area contributed by atoms with Crippen molar-refractivity contribution in [2.45, 2.75) is 32.4 Å². The van der Waals surface area contributed by atoms with Gasteiger partial charge in [0.05, 0.1) is 6.61 Å². The number of carbonyl (C=O) groups is 1. The number of nitrogens with zero attached hydrogens (tertiary/aromatic N) is 2. The molecule has 1 aromatic rings. The van der Waals surface area contributed by atoms with E-state index in [9.17, 15) is 4.79 Å². The first-order chi connectivity index (χ1) is 9.17. The lowest BCUT2D eigenvalue weighted by atomic mass is 10.1. The van der Waals surface area contributed by atoms with Gasteiger partial charge in [0.15, 0.2) is 0 Å². The molecule has 5 nitrogen and oxygen atoms in total. The molecule has 1 amide bonds. The van der Waals surface area contributed by atoms with Gasteiger partial charge in [0.2, 0.25) is 0 Å². The molecule has 0 radical (unpaired) electrons. The van der Waals surface area contributed by atoms with Crippen molar-refractivity contribution in [2.75, 3.05) is 20.3 Å². The highest BCUT2D eigenvalue weighted by molar-refractivity contribution is 7.09. The van der Waals surface area contributed by atoms with Crippen LogP contribution in [0.25, 0.3) is 0 Å². The van der Waals surface area contributed by atoms with Crippen LogP contribution in [0.5, 0.6) is 0 Å². The van der Waals surface area contributed by atoms with Gasteiger partial charge in [-0.25, -0.2) is 4.98 Å². The van der Waals surface area contributed by atoms with E-state index < -0.39 is 0 Å². The minimum absolute atomic E-state index is 0.00704. The fraction of sp³-hybridized carbons (Fsp3) is 0.692. The summed E-state index contributed by atoms with van der Waals surface area (Å²) in [6.45, 7) is 3.66. The Morgan fingerprint density at radius 2 is 2.42 bits per heavy atom. The minimum Gasteiger partial charge on any atom is -0.383 e. The van der Waals surface area contributed by atoms with Gasteiger partial charge in [0.25, 0.3) is 5.91 Å². The maximum Gasteiger partial charge on any atom is 0.273 e. The largest absolute Gasteiger partial charge is 0.383 e. The Kier molecular flexibility index (Phi) is 4.90. The number of carbonyl (C=O) groups excluding carboxylic acids is 1. The molecule has 0 bridgehead atoms. The maximum atomic E-state index is 12.5. The van der Waals surface area contributed by atoms with Crippen molar-refractivity contribution in [1.82, 2.24) is 9.88 Å². The van der Waals surface area contributed by atoms with Crippen molar-refractivity contribution < 1.29 is 9.53 Å². The second-order valence-corrected chi connectivity index (χ2v) is 5.84. The van der Waals surface area contributed by atoms with Crippen LogP contribution in [0.3, 0.4) is 0 Å². The number of ether oxygens (including phenoxy) is 1. The van der Waals surface area contributed by atoms with E-state index in [0.717, 1.165) is 5.01 Å². The molecule has 106 valence electrons. The molecular weight excluding hydrogens is 262 g/mol. The van der Waals surface area contributed by atoms with Gasteiger partial charge in [-0.05, 0) is 25.7 Å². The van der Waals surface area contributed by atoms with E-state index >= 15 is 0 Å². The average molecular weight is 283 g/mol. The second-order valence-electron chi connectivity index (χ2n) is 4.90. The van der Waals surface area contributed by atoms with Gasteiger partial charge in [-0.2, -0.15) is 0 Å². The Morgan fingerprint density at radius 3 is 2.95 bits per heavy atom. The molecule has 1 saturated carbocycles. The van der Waals surface area contributed by atoms with Crippen LogP contribution in [0, 0.1) is 5.92 Å². The van der Waals surface area contributed by atoms with Crippen molar-refractivity contribution in [3.8, 4) is 0 Å². The number of aromatic nitrogens is 1. The van der Waals surface area contributed by atoms with Gasteiger partial charge in [-0.1, -0.05) is 0 Å². The van der Waals surface area contributed by atoms with Crippen LogP contribution in [0.15, 0.2) is 5.38 Å². The molecule has 1 fully saturated rings. The molecule has 1 unspecified atom stereocenters. The Hall–Kier alpha value is -0.980. The van der Waals surface area contributed by atoms with E-state index in [2.05, 4.69) is 11.9 Å². The molecule has 19 heavy (non-hydrogen) atoms. The fourth-order valence-corrected chi connectivity index (χ4v) is 2.81. The van der Waals surface area contributed by atoms with Crippen LogP contribution in [0.1, 0.15) is 35.3 Å². The number of amides is 1. The van der Waals surface area contributed by atoms with Gasteiger partial charge in [0, 0.05) is 31.6 Å². The molecule has 0 aliphatic heterocycles. The summed E-state index contributed by atoms with van der Waals surface area (Å²) in [4.78, 5) is 18.7. The van der Waals surface area contributed by atoms with Gasteiger partial charge in [-0.3, -0.25) is 4.79 Å². The first kappa shape index (κ1) is 14.4. The van der Waals surface area contributed by atoms with Crippen LogP contribution >= 0.6 is 11.3 Å². The molecule has 1 aromatic heterocycles. The molecule has 2 rings (SSSR count). The predicted molar refractivity (Wildman–Crippen MR) is 75.1 cm³/mol. The van der Waals surface area contributed by atoms with Crippen molar-refractivity contribution >= 4 is 17.2 Å². The summed E-state index contributed by atoms with van der Waals surface area (Å²) < 4.78 is 5.10. The molecule has 0 spiro atoms. The average Bonchev–Trinajstić information content (AvgIpc) is 3.16. The third kappa shape index (κ3) is 3.52. The van der Waals surface area contributed by atoms with E-state index in [0.29, 0.717) is 31.3 Å². The quantitative estimate of drug-likeness (QED) is 0.823. The normalized spacial score (nSPS) is 16.4. The van der Waals surface area contributed by atoms with E-state index in [4.69, 9.17) is 10.5 Å². The Bertz CT molecular complexity index is 431. The monoisotopic (exact) mass is 283 g/mol. The van der Waals surface area contributed by atoms with Gasteiger partial charge >= 0.3 is 0 Å². The molecule has 2 N–H and O–H groups in total. The van der Waals surface area contributed by atoms with Gasteiger partial charge in [0.1, 0.15) is 10.7 Å². The summed E-state index contributed by atoms with van der Waals surface area (Å²) in [6.07, 6.45) is 2.42. The Labute approximate surface area is 117 Å². The van der Waals surface area contributed by atoms with Crippen LogP contribution in [-0.4, -0.2) is 42.1 Å². The highest BCUT2D eigenvalue weighted by Gasteiger charge is 2.34. The summed E-state index contributed by atoms with van der Waals surface area (Å²) in [6, 6.07) is 0.255. The minimum atomic E-state index is -0.00704. The topological polar surface area (TPSA) is 68.5 Å². The molecule has 6 heteroatoms. The molecule has 0 saturated heterocycles. The third-order valence-electron chi connectivity index (χ3n) is 3.54. The highest BCUT2D eigenvalue weighted by atomic mass is 32.1. The predicted octanol–water partition coefficient (Wildman–Crippen LogP) is 1.49. The van der Waals surface area contributed by atoms with Crippen molar-refractivity contribution in [1.29, 1.82) is 0 Å². The Morgan fingerprint density at radius 1 is 1.68 bits per heavy atom. The van der Waals surface area contributed by atoms with Crippen LogP contribution in [-0.2, 0) is 11.3 Å². The molecule has 1 atom stereocenters. The first-order valence-electron chi connectivity index (χ1n) is 6.61. The molecular formula is C13H21N3O2S. The first-order valence-corrected chi connectivity index (χ1v) is 7.49. The smallest absolute Gasteiger partial charge is 0.273 e.